The van der Waals surface area contributed by atoms with Crippen molar-refractivity contribution >= 4 is 0 Å². The standard InChI is InChI=1S/C9H14N2O2/c1-9(12,6-10)7-3-8(13-2)5-11-4-7/h3-5,12H,6,10H2,1-2H3. The van der Waals surface area contributed by atoms with Crippen LogP contribution in [0.15, 0.2) is 18.5 Å². The summed E-state index contributed by atoms with van der Waals surface area (Å²) in [5.41, 5.74) is 5.03. The third-order valence-corrected chi connectivity index (χ3v) is 1.97. The summed E-state index contributed by atoms with van der Waals surface area (Å²) in [6.07, 6.45) is 3.16. The van der Waals surface area contributed by atoms with Crippen LogP contribution in [0.1, 0.15) is 12.5 Å². The Balaban J connectivity index is 3.01. The molecule has 0 aliphatic heterocycles. The minimum absolute atomic E-state index is 0.155. The van der Waals surface area contributed by atoms with E-state index in [0.717, 1.165) is 0 Å². The number of hydrogen-bond acceptors (Lipinski definition) is 4. The smallest absolute Gasteiger partial charge is 0.137 e. The van der Waals surface area contributed by atoms with Crippen LogP contribution in [0.5, 0.6) is 5.75 Å². The van der Waals surface area contributed by atoms with Crippen molar-refractivity contribution in [1.29, 1.82) is 0 Å². The van der Waals surface area contributed by atoms with Gasteiger partial charge in [-0.3, -0.25) is 4.98 Å². The first-order valence-corrected chi connectivity index (χ1v) is 4.02. The van der Waals surface area contributed by atoms with Crippen molar-refractivity contribution in [3.05, 3.63) is 24.0 Å². The van der Waals surface area contributed by atoms with Gasteiger partial charge in [-0.1, -0.05) is 0 Å². The maximum atomic E-state index is 9.79. The van der Waals surface area contributed by atoms with E-state index in [1.807, 2.05) is 0 Å². The zero-order valence-corrected chi connectivity index (χ0v) is 7.82. The molecule has 0 spiro atoms. The molecule has 0 radical (unpaired) electrons. The number of aliphatic hydroxyl groups is 1. The Kier molecular flexibility index (Phi) is 2.85. The molecule has 1 heterocycles. The van der Waals surface area contributed by atoms with Crippen LogP contribution in [0.25, 0.3) is 0 Å². The van der Waals surface area contributed by atoms with Crippen LogP contribution in [0.3, 0.4) is 0 Å². The summed E-state index contributed by atoms with van der Waals surface area (Å²) in [5.74, 6) is 0.617. The number of nitrogens with zero attached hydrogens (tertiary/aromatic N) is 1. The van der Waals surface area contributed by atoms with E-state index < -0.39 is 5.60 Å². The lowest BCUT2D eigenvalue weighted by atomic mass is 9.98. The van der Waals surface area contributed by atoms with Crippen molar-refractivity contribution in [2.24, 2.45) is 5.73 Å². The number of aromatic nitrogens is 1. The topological polar surface area (TPSA) is 68.4 Å². The number of pyridine rings is 1. The highest BCUT2D eigenvalue weighted by molar-refractivity contribution is 5.27. The summed E-state index contributed by atoms with van der Waals surface area (Å²) in [7, 11) is 1.55. The molecule has 3 N–H and O–H groups in total. The monoisotopic (exact) mass is 182 g/mol. The molecule has 0 amide bonds. The Morgan fingerprint density at radius 2 is 2.31 bits per heavy atom. The average Bonchev–Trinajstić information content (AvgIpc) is 2.18. The Morgan fingerprint density at radius 3 is 2.85 bits per heavy atom. The summed E-state index contributed by atoms with van der Waals surface area (Å²) in [4.78, 5) is 3.93. The molecule has 1 unspecified atom stereocenters. The lowest BCUT2D eigenvalue weighted by molar-refractivity contribution is 0.0662. The molecule has 0 aliphatic carbocycles. The third kappa shape index (κ3) is 2.17. The van der Waals surface area contributed by atoms with Crippen LogP contribution >= 0.6 is 0 Å². The van der Waals surface area contributed by atoms with Crippen LogP contribution in [-0.4, -0.2) is 23.7 Å². The maximum absolute atomic E-state index is 9.79. The predicted molar refractivity (Wildman–Crippen MR) is 49.4 cm³/mol. The Hall–Kier alpha value is -1.13. The fraction of sp³-hybridized carbons (Fsp3) is 0.444. The molecule has 1 rings (SSSR count). The van der Waals surface area contributed by atoms with Crippen molar-refractivity contribution in [2.45, 2.75) is 12.5 Å². The number of hydrogen-bond donors (Lipinski definition) is 2. The molecule has 1 atom stereocenters. The Morgan fingerprint density at radius 1 is 1.62 bits per heavy atom. The molecular formula is C9H14N2O2. The van der Waals surface area contributed by atoms with Crippen molar-refractivity contribution in [3.8, 4) is 5.75 Å². The predicted octanol–water partition coefficient (Wildman–Crippen LogP) is 0.256. The van der Waals surface area contributed by atoms with Crippen molar-refractivity contribution in [2.75, 3.05) is 13.7 Å². The number of methoxy groups -OCH3 is 1. The molecule has 0 saturated heterocycles. The van der Waals surface area contributed by atoms with E-state index in [1.165, 1.54) is 0 Å². The van der Waals surface area contributed by atoms with Crippen LogP contribution in [-0.2, 0) is 5.60 Å². The first-order valence-electron chi connectivity index (χ1n) is 4.02. The number of rotatable bonds is 3. The van der Waals surface area contributed by atoms with Gasteiger partial charge < -0.3 is 15.6 Å². The highest BCUT2D eigenvalue weighted by Gasteiger charge is 2.21. The van der Waals surface area contributed by atoms with E-state index in [4.69, 9.17) is 10.5 Å². The normalized spacial score (nSPS) is 15.1. The van der Waals surface area contributed by atoms with Gasteiger partial charge in [-0.15, -0.1) is 0 Å². The highest BCUT2D eigenvalue weighted by atomic mass is 16.5. The van der Waals surface area contributed by atoms with Gasteiger partial charge in [0.25, 0.3) is 0 Å². The molecule has 4 nitrogen and oxygen atoms in total. The lowest BCUT2D eigenvalue weighted by Gasteiger charge is -2.21. The van der Waals surface area contributed by atoms with E-state index >= 15 is 0 Å². The van der Waals surface area contributed by atoms with Crippen LogP contribution in [0.4, 0.5) is 0 Å². The van der Waals surface area contributed by atoms with E-state index in [1.54, 1.807) is 32.5 Å². The first-order chi connectivity index (χ1) is 6.10. The third-order valence-electron chi connectivity index (χ3n) is 1.97. The molecule has 0 bridgehead atoms. The molecule has 72 valence electrons. The van der Waals surface area contributed by atoms with Crippen molar-refractivity contribution in [1.82, 2.24) is 4.98 Å². The minimum Gasteiger partial charge on any atom is -0.495 e. The van der Waals surface area contributed by atoms with Gasteiger partial charge in [0, 0.05) is 18.3 Å². The largest absolute Gasteiger partial charge is 0.495 e. The van der Waals surface area contributed by atoms with Crippen LogP contribution in [0.2, 0.25) is 0 Å². The van der Waals surface area contributed by atoms with Gasteiger partial charge in [-0.05, 0) is 13.0 Å². The van der Waals surface area contributed by atoms with Gasteiger partial charge >= 0.3 is 0 Å². The first kappa shape index (κ1) is 9.95. The highest BCUT2D eigenvalue weighted by Crippen LogP contribution is 2.21. The molecule has 0 saturated carbocycles. The SMILES string of the molecule is COc1cncc(C(C)(O)CN)c1. The molecule has 0 fully saturated rings. The minimum atomic E-state index is -1.04. The van der Waals surface area contributed by atoms with E-state index in [-0.39, 0.29) is 6.54 Å². The van der Waals surface area contributed by atoms with Crippen molar-refractivity contribution < 1.29 is 9.84 Å². The summed E-state index contributed by atoms with van der Waals surface area (Å²) in [6.45, 7) is 1.80. The second kappa shape index (κ2) is 3.72. The molecule has 1 aromatic rings. The molecule has 4 heteroatoms. The van der Waals surface area contributed by atoms with Crippen molar-refractivity contribution in [3.63, 3.8) is 0 Å². The van der Waals surface area contributed by atoms with Gasteiger partial charge in [0.05, 0.1) is 13.3 Å². The second-order valence-corrected chi connectivity index (χ2v) is 3.09. The Bertz CT molecular complexity index is 287. The van der Waals surface area contributed by atoms with Gasteiger partial charge in [0.1, 0.15) is 11.4 Å². The fourth-order valence-electron chi connectivity index (χ4n) is 0.943. The number of ether oxygens (including phenoxy) is 1. The zero-order valence-electron chi connectivity index (χ0n) is 7.82. The van der Waals surface area contributed by atoms with Gasteiger partial charge in [0.2, 0.25) is 0 Å². The molecule has 0 aromatic carbocycles. The molecular weight excluding hydrogens is 168 g/mol. The van der Waals surface area contributed by atoms with Gasteiger partial charge in [-0.25, -0.2) is 0 Å². The lowest BCUT2D eigenvalue weighted by Crippen LogP contribution is -2.31. The van der Waals surface area contributed by atoms with E-state index in [0.29, 0.717) is 11.3 Å². The van der Waals surface area contributed by atoms with Crippen LogP contribution < -0.4 is 10.5 Å². The summed E-state index contributed by atoms with van der Waals surface area (Å²) < 4.78 is 4.98. The molecule has 13 heavy (non-hydrogen) atoms. The summed E-state index contributed by atoms with van der Waals surface area (Å²) in [6, 6.07) is 1.72. The average molecular weight is 182 g/mol. The Labute approximate surface area is 77.4 Å². The molecule has 1 aromatic heterocycles. The van der Waals surface area contributed by atoms with E-state index in [2.05, 4.69) is 4.98 Å². The quantitative estimate of drug-likeness (QED) is 0.703. The van der Waals surface area contributed by atoms with Crippen LogP contribution in [0, 0.1) is 0 Å². The summed E-state index contributed by atoms with van der Waals surface area (Å²) in [5, 5.41) is 9.79. The zero-order chi connectivity index (χ0) is 9.90. The maximum Gasteiger partial charge on any atom is 0.137 e. The van der Waals surface area contributed by atoms with E-state index in [9.17, 15) is 5.11 Å². The fourth-order valence-corrected chi connectivity index (χ4v) is 0.943. The molecule has 0 aliphatic rings. The summed E-state index contributed by atoms with van der Waals surface area (Å²) >= 11 is 0. The van der Waals surface area contributed by atoms with Gasteiger partial charge in [-0.2, -0.15) is 0 Å². The second-order valence-electron chi connectivity index (χ2n) is 3.09. The van der Waals surface area contributed by atoms with Gasteiger partial charge in [0.15, 0.2) is 0 Å². The number of nitrogens with two attached hydrogens (primary N) is 1.